The van der Waals surface area contributed by atoms with Crippen molar-refractivity contribution in [3.8, 4) is 5.75 Å². The lowest BCUT2D eigenvalue weighted by Gasteiger charge is -2.14. The van der Waals surface area contributed by atoms with Gasteiger partial charge in [0.2, 0.25) is 0 Å². The summed E-state index contributed by atoms with van der Waals surface area (Å²) < 4.78 is 10.9. The number of ether oxygens (including phenoxy) is 1. The molecule has 0 saturated heterocycles. The fraction of sp³-hybridized carbons (Fsp3) is 0.412. The van der Waals surface area contributed by atoms with Crippen molar-refractivity contribution >= 4 is 16.9 Å². The van der Waals surface area contributed by atoms with Gasteiger partial charge in [0.1, 0.15) is 11.3 Å². The second-order valence-corrected chi connectivity index (χ2v) is 5.48. The van der Waals surface area contributed by atoms with Gasteiger partial charge in [0.25, 0.3) is 5.91 Å². The van der Waals surface area contributed by atoms with Crippen LogP contribution in [-0.2, 0) is 11.2 Å². The number of likely N-dealkylation sites (N-methyl/N-ethyl adjacent to an activating group) is 1. The van der Waals surface area contributed by atoms with E-state index < -0.39 is 0 Å². The van der Waals surface area contributed by atoms with Crippen molar-refractivity contribution in [3.63, 3.8) is 0 Å². The van der Waals surface area contributed by atoms with Crippen LogP contribution in [-0.4, -0.2) is 31.5 Å². The van der Waals surface area contributed by atoms with Crippen LogP contribution in [0.15, 0.2) is 27.4 Å². The average molecular weight is 303 g/mol. The summed E-state index contributed by atoms with van der Waals surface area (Å²) in [4.78, 5) is 24.8. The molecule has 5 heteroatoms. The first-order chi connectivity index (χ1) is 10.4. The Balaban J connectivity index is 2.41. The number of amides is 1. The highest BCUT2D eigenvalue weighted by Gasteiger charge is 2.13. The van der Waals surface area contributed by atoms with Crippen molar-refractivity contribution in [3.05, 3.63) is 39.7 Å². The summed E-state index contributed by atoms with van der Waals surface area (Å²) >= 11 is 0. The quantitative estimate of drug-likeness (QED) is 0.796. The SMILES string of the molecule is CCCc1cc(=O)oc2c(C)c(OCC(=O)N(C)C)ccc12. The average Bonchev–Trinajstić information content (AvgIpc) is 2.47. The number of rotatable bonds is 5. The number of carbonyl (C=O) groups is 1. The van der Waals surface area contributed by atoms with E-state index in [2.05, 4.69) is 6.92 Å². The number of fused-ring (bicyclic) bond motifs is 1. The smallest absolute Gasteiger partial charge is 0.336 e. The molecule has 1 aromatic carbocycles. The third-order valence-corrected chi connectivity index (χ3v) is 3.57. The Hall–Kier alpha value is -2.30. The zero-order valence-corrected chi connectivity index (χ0v) is 13.4. The number of nitrogens with zero attached hydrogens (tertiary/aromatic N) is 1. The van der Waals surface area contributed by atoms with Crippen molar-refractivity contribution < 1.29 is 13.9 Å². The van der Waals surface area contributed by atoms with Crippen molar-refractivity contribution in [2.45, 2.75) is 26.7 Å². The molecule has 1 amide bonds. The highest BCUT2D eigenvalue weighted by molar-refractivity contribution is 5.85. The third-order valence-electron chi connectivity index (χ3n) is 3.57. The summed E-state index contributed by atoms with van der Waals surface area (Å²) in [5.41, 5.74) is 1.89. The molecule has 0 aliphatic carbocycles. The van der Waals surface area contributed by atoms with E-state index in [1.165, 1.54) is 4.90 Å². The summed E-state index contributed by atoms with van der Waals surface area (Å²) in [7, 11) is 3.35. The van der Waals surface area contributed by atoms with E-state index in [0.29, 0.717) is 11.3 Å². The van der Waals surface area contributed by atoms with Crippen LogP contribution in [0.4, 0.5) is 0 Å². The molecular weight excluding hydrogens is 282 g/mol. The molecule has 0 radical (unpaired) electrons. The van der Waals surface area contributed by atoms with Gasteiger partial charge in [0.05, 0.1) is 0 Å². The van der Waals surface area contributed by atoms with Crippen molar-refractivity contribution in [2.75, 3.05) is 20.7 Å². The molecule has 22 heavy (non-hydrogen) atoms. The molecule has 118 valence electrons. The second kappa shape index (κ2) is 6.64. The van der Waals surface area contributed by atoms with Gasteiger partial charge in [-0.2, -0.15) is 0 Å². The Kier molecular flexibility index (Phi) is 4.85. The molecule has 0 bridgehead atoms. The van der Waals surface area contributed by atoms with E-state index in [1.807, 2.05) is 19.1 Å². The van der Waals surface area contributed by atoms with E-state index in [4.69, 9.17) is 9.15 Å². The number of aryl methyl sites for hydroxylation is 2. The lowest BCUT2D eigenvalue weighted by molar-refractivity contribution is -0.130. The first kappa shape index (κ1) is 16.1. The number of hydrogen-bond acceptors (Lipinski definition) is 4. The number of benzene rings is 1. The molecular formula is C17H21NO4. The van der Waals surface area contributed by atoms with Crippen LogP contribution in [0.3, 0.4) is 0 Å². The first-order valence-corrected chi connectivity index (χ1v) is 7.33. The van der Waals surface area contributed by atoms with Crippen LogP contribution in [0.5, 0.6) is 5.75 Å². The molecule has 0 spiro atoms. The molecule has 0 unspecified atom stereocenters. The Morgan fingerprint density at radius 2 is 2.05 bits per heavy atom. The molecule has 2 aromatic rings. The summed E-state index contributed by atoms with van der Waals surface area (Å²) in [5, 5.41) is 0.922. The monoisotopic (exact) mass is 303 g/mol. The lowest BCUT2D eigenvalue weighted by Crippen LogP contribution is -2.27. The largest absolute Gasteiger partial charge is 0.483 e. The van der Waals surface area contributed by atoms with Crippen LogP contribution >= 0.6 is 0 Å². The van der Waals surface area contributed by atoms with Crippen LogP contribution in [0, 0.1) is 6.92 Å². The minimum absolute atomic E-state index is 0.0434. The van der Waals surface area contributed by atoms with Gasteiger partial charge >= 0.3 is 5.63 Å². The Morgan fingerprint density at radius 1 is 1.32 bits per heavy atom. The van der Waals surface area contributed by atoms with Crippen molar-refractivity contribution in [1.82, 2.24) is 4.90 Å². The molecule has 1 aromatic heterocycles. The molecule has 0 aliphatic rings. The maximum Gasteiger partial charge on any atom is 0.336 e. The van der Waals surface area contributed by atoms with Crippen LogP contribution in [0.2, 0.25) is 0 Å². The van der Waals surface area contributed by atoms with Gasteiger partial charge in [-0.25, -0.2) is 4.79 Å². The second-order valence-electron chi connectivity index (χ2n) is 5.48. The van der Waals surface area contributed by atoms with E-state index in [9.17, 15) is 9.59 Å². The maximum absolute atomic E-state index is 11.7. The van der Waals surface area contributed by atoms with Crippen molar-refractivity contribution in [1.29, 1.82) is 0 Å². The fourth-order valence-corrected chi connectivity index (χ4v) is 2.31. The summed E-state index contributed by atoms with van der Waals surface area (Å²) in [5.74, 6) is 0.431. The Bertz CT molecular complexity index is 746. The predicted octanol–water partition coefficient (Wildman–Crippen LogP) is 2.52. The highest BCUT2D eigenvalue weighted by atomic mass is 16.5. The zero-order chi connectivity index (χ0) is 16.3. The topological polar surface area (TPSA) is 59.8 Å². The maximum atomic E-state index is 11.7. The van der Waals surface area contributed by atoms with E-state index in [0.717, 1.165) is 29.4 Å². The van der Waals surface area contributed by atoms with Crippen LogP contribution in [0.1, 0.15) is 24.5 Å². The molecule has 5 nitrogen and oxygen atoms in total. The summed E-state index contributed by atoms with van der Waals surface area (Å²) in [6.07, 6.45) is 1.77. The Labute approximate surface area is 129 Å². The van der Waals surface area contributed by atoms with Crippen LogP contribution < -0.4 is 10.4 Å². The number of carbonyl (C=O) groups excluding carboxylic acids is 1. The zero-order valence-electron chi connectivity index (χ0n) is 13.4. The summed E-state index contributed by atoms with van der Waals surface area (Å²) in [6.45, 7) is 3.85. The number of hydrogen-bond donors (Lipinski definition) is 0. The van der Waals surface area contributed by atoms with Gasteiger partial charge < -0.3 is 14.1 Å². The Morgan fingerprint density at radius 3 is 2.68 bits per heavy atom. The van der Waals surface area contributed by atoms with E-state index in [-0.39, 0.29) is 18.1 Å². The standard InChI is InChI=1S/C17H21NO4/c1-5-6-12-9-16(20)22-17-11(2)14(8-7-13(12)17)21-10-15(19)18(3)4/h7-9H,5-6,10H2,1-4H3. The molecule has 0 fully saturated rings. The van der Waals surface area contributed by atoms with E-state index >= 15 is 0 Å². The van der Waals surface area contributed by atoms with Crippen LogP contribution in [0.25, 0.3) is 11.0 Å². The normalized spacial score (nSPS) is 10.7. The van der Waals surface area contributed by atoms with Gasteiger partial charge in [-0.05, 0) is 31.0 Å². The highest BCUT2D eigenvalue weighted by Crippen LogP contribution is 2.28. The molecule has 1 heterocycles. The molecule has 0 saturated carbocycles. The first-order valence-electron chi connectivity index (χ1n) is 7.33. The predicted molar refractivity (Wildman–Crippen MR) is 85.4 cm³/mol. The summed E-state index contributed by atoms with van der Waals surface area (Å²) in [6, 6.07) is 5.24. The molecule has 0 aliphatic heterocycles. The lowest BCUT2D eigenvalue weighted by atomic mass is 10.0. The molecule has 0 N–H and O–H groups in total. The molecule has 2 rings (SSSR count). The van der Waals surface area contributed by atoms with Crippen molar-refractivity contribution in [2.24, 2.45) is 0 Å². The van der Waals surface area contributed by atoms with Gasteiger partial charge in [0, 0.05) is 31.1 Å². The van der Waals surface area contributed by atoms with Gasteiger partial charge in [0.15, 0.2) is 6.61 Å². The minimum atomic E-state index is -0.361. The fourth-order valence-electron chi connectivity index (χ4n) is 2.31. The molecule has 0 atom stereocenters. The van der Waals surface area contributed by atoms with Gasteiger partial charge in [-0.3, -0.25) is 4.79 Å². The minimum Gasteiger partial charge on any atom is -0.483 e. The van der Waals surface area contributed by atoms with Gasteiger partial charge in [-0.1, -0.05) is 13.3 Å². The van der Waals surface area contributed by atoms with E-state index in [1.54, 1.807) is 20.2 Å². The van der Waals surface area contributed by atoms with Gasteiger partial charge in [-0.15, -0.1) is 0 Å². The third kappa shape index (κ3) is 3.30.